The van der Waals surface area contributed by atoms with E-state index >= 15 is 0 Å². The second kappa shape index (κ2) is 10.6. The van der Waals surface area contributed by atoms with Gasteiger partial charge in [0.05, 0.1) is 19.6 Å². The van der Waals surface area contributed by atoms with Crippen LogP contribution in [-0.2, 0) is 24.2 Å². The second-order valence-corrected chi connectivity index (χ2v) is 8.46. The molecule has 1 saturated heterocycles. The fourth-order valence-electron chi connectivity index (χ4n) is 4.41. The molecule has 7 nitrogen and oxygen atoms in total. The Balaban J connectivity index is 1.39. The van der Waals surface area contributed by atoms with Crippen LogP contribution in [-0.4, -0.2) is 41.1 Å². The molecule has 0 spiro atoms. The fraction of sp³-hybridized carbons (Fsp3) is 0.423. The molecular formula is C26H32N4O3. The van der Waals surface area contributed by atoms with Gasteiger partial charge in [-0.2, -0.15) is 4.98 Å². The molecule has 2 aromatic carbocycles. The zero-order valence-electron chi connectivity index (χ0n) is 19.6. The minimum Gasteiger partial charge on any atom is -0.497 e. The minimum absolute atomic E-state index is 0.0580. The van der Waals surface area contributed by atoms with Crippen LogP contribution in [0.4, 0.5) is 5.69 Å². The number of ether oxygens (including phenoxy) is 1. The second-order valence-electron chi connectivity index (χ2n) is 8.46. The molecule has 2 heterocycles. The van der Waals surface area contributed by atoms with Crippen LogP contribution in [0.1, 0.15) is 43.7 Å². The minimum atomic E-state index is -0.0580. The molecular weight excluding hydrogens is 416 g/mol. The summed E-state index contributed by atoms with van der Waals surface area (Å²) in [5.41, 5.74) is 4.24. The lowest BCUT2D eigenvalue weighted by Gasteiger charge is -2.31. The lowest BCUT2D eigenvalue weighted by atomic mass is 9.96. The van der Waals surface area contributed by atoms with Crippen molar-refractivity contribution in [3.63, 3.8) is 0 Å². The van der Waals surface area contributed by atoms with Crippen molar-refractivity contribution in [3.8, 4) is 17.1 Å². The van der Waals surface area contributed by atoms with Gasteiger partial charge in [0.2, 0.25) is 17.6 Å². The number of benzene rings is 2. The van der Waals surface area contributed by atoms with Gasteiger partial charge in [0.1, 0.15) is 5.75 Å². The lowest BCUT2D eigenvalue weighted by Crippen LogP contribution is -2.40. The van der Waals surface area contributed by atoms with Crippen LogP contribution in [0.5, 0.6) is 5.75 Å². The number of aryl methyl sites for hydroxylation is 2. The van der Waals surface area contributed by atoms with Crippen LogP contribution in [0, 0.1) is 5.92 Å². The fourth-order valence-corrected chi connectivity index (χ4v) is 4.41. The average Bonchev–Trinajstić information content (AvgIpc) is 3.32. The number of methoxy groups -OCH3 is 1. The Bertz CT molecular complexity index is 1060. The Kier molecular flexibility index (Phi) is 7.40. The molecule has 174 valence electrons. The molecule has 1 amide bonds. The first-order chi connectivity index (χ1) is 16.1. The van der Waals surface area contributed by atoms with Crippen molar-refractivity contribution in [2.45, 2.75) is 46.1 Å². The molecule has 1 fully saturated rings. The molecule has 1 aliphatic rings. The summed E-state index contributed by atoms with van der Waals surface area (Å²) in [5, 5.41) is 7.37. The first-order valence-corrected chi connectivity index (χ1v) is 11.7. The Hall–Kier alpha value is -3.19. The van der Waals surface area contributed by atoms with Crippen LogP contribution < -0.4 is 10.1 Å². The summed E-state index contributed by atoms with van der Waals surface area (Å²) < 4.78 is 10.7. The number of piperidine rings is 1. The van der Waals surface area contributed by atoms with Gasteiger partial charge in [-0.1, -0.05) is 37.2 Å². The Morgan fingerprint density at radius 1 is 1.15 bits per heavy atom. The van der Waals surface area contributed by atoms with Crippen LogP contribution in [0.3, 0.4) is 0 Å². The Morgan fingerprint density at radius 3 is 2.55 bits per heavy atom. The van der Waals surface area contributed by atoms with Gasteiger partial charge < -0.3 is 14.6 Å². The van der Waals surface area contributed by atoms with Crippen molar-refractivity contribution in [3.05, 3.63) is 59.5 Å². The molecule has 1 aromatic heterocycles. The maximum Gasteiger partial charge on any atom is 0.241 e. The van der Waals surface area contributed by atoms with Crippen LogP contribution in [0.15, 0.2) is 47.0 Å². The predicted molar refractivity (Wildman–Crippen MR) is 128 cm³/mol. The van der Waals surface area contributed by atoms with E-state index in [-0.39, 0.29) is 11.8 Å². The molecule has 1 aliphatic heterocycles. The van der Waals surface area contributed by atoms with Crippen molar-refractivity contribution >= 4 is 11.6 Å². The largest absolute Gasteiger partial charge is 0.497 e. The maximum atomic E-state index is 13.1. The van der Waals surface area contributed by atoms with E-state index in [9.17, 15) is 4.79 Å². The number of nitrogens with zero attached hydrogens (tertiary/aromatic N) is 3. The third-order valence-corrected chi connectivity index (χ3v) is 6.30. The Morgan fingerprint density at radius 2 is 1.88 bits per heavy atom. The quantitative estimate of drug-likeness (QED) is 0.537. The summed E-state index contributed by atoms with van der Waals surface area (Å²) in [7, 11) is 1.64. The van der Waals surface area contributed by atoms with E-state index in [0.29, 0.717) is 24.8 Å². The summed E-state index contributed by atoms with van der Waals surface area (Å²) in [5.74, 6) is 1.94. The third-order valence-electron chi connectivity index (χ3n) is 6.30. The van der Waals surface area contributed by atoms with E-state index in [4.69, 9.17) is 9.26 Å². The van der Waals surface area contributed by atoms with E-state index in [1.165, 1.54) is 11.1 Å². The number of anilines is 1. The molecule has 33 heavy (non-hydrogen) atoms. The first kappa shape index (κ1) is 23.0. The summed E-state index contributed by atoms with van der Waals surface area (Å²) in [4.78, 5) is 19.9. The highest BCUT2D eigenvalue weighted by Gasteiger charge is 2.27. The predicted octanol–water partition coefficient (Wildman–Crippen LogP) is 4.72. The van der Waals surface area contributed by atoms with Crippen molar-refractivity contribution < 1.29 is 14.1 Å². The van der Waals surface area contributed by atoms with E-state index in [2.05, 4.69) is 52.4 Å². The van der Waals surface area contributed by atoms with Gasteiger partial charge in [-0.05, 0) is 67.6 Å². The van der Waals surface area contributed by atoms with Gasteiger partial charge in [0.15, 0.2) is 0 Å². The Labute approximate surface area is 195 Å². The first-order valence-electron chi connectivity index (χ1n) is 11.7. The SMILES string of the molecule is CCc1cccc(CC)c1NC(=O)C1CCCN(Cc2nc(-c3ccc(OC)cc3)no2)C1. The normalized spacial score (nSPS) is 16.5. The average molecular weight is 449 g/mol. The van der Waals surface area contributed by atoms with Gasteiger partial charge in [-0.15, -0.1) is 0 Å². The van der Waals surface area contributed by atoms with Gasteiger partial charge in [0, 0.05) is 17.8 Å². The van der Waals surface area contributed by atoms with Gasteiger partial charge in [-0.3, -0.25) is 9.69 Å². The molecule has 0 saturated carbocycles. The molecule has 4 rings (SSSR count). The van der Waals surface area contributed by atoms with Crippen molar-refractivity contribution in [2.24, 2.45) is 5.92 Å². The zero-order valence-corrected chi connectivity index (χ0v) is 19.6. The molecule has 7 heteroatoms. The summed E-state index contributed by atoms with van der Waals surface area (Å²) in [6.45, 7) is 6.38. The van der Waals surface area contributed by atoms with E-state index < -0.39 is 0 Å². The topological polar surface area (TPSA) is 80.5 Å². The number of aromatic nitrogens is 2. The number of likely N-dealkylation sites (tertiary alicyclic amines) is 1. The standard InChI is InChI=1S/C26H32N4O3/c1-4-18-8-6-9-19(5-2)24(18)28-26(31)21-10-7-15-30(16-21)17-23-27-25(29-33-23)20-11-13-22(32-3)14-12-20/h6,8-9,11-14,21H,4-5,7,10,15-17H2,1-3H3,(H,28,31). The monoisotopic (exact) mass is 448 g/mol. The highest BCUT2D eigenvalue weighted by atomic mass is 16.5. The van der Waals surface area contributed by atoms with Crippen molar-refractivity contribution in [1.29, 1.82) is 0 Å². The smallest absolute Gasteiger partial charge is 0.241 e. The summed E-state index contributed by atoms with van der Waals surface area (Å²) in [6, 6.07) is 13.8. The highest BCUT2D eigenvalue weighted by molar-refractivity contribution is 5.94. The molecule has 1 N–H and O–H groups in total. The maximum absolute atomic E-state index is 13.1. The number of amides is 1. The molecule has 0 aliphatic carbocycles. The number of rotatable bonds is 8. The summed E-state index contributed by atoms with van der Waals surface area (Å²) >= 11 is 0. The van der Waals surface area contributed by atoms with E-state index in [0.717, 1.165) is 49.2 Å². The number of carbonyl (C=O) groups excluding carboxylic acids is 1. The molecule has 1 atom stereocenters. The highest BCUT2D eigenvalue weighted by Crippen LogP contribution is 2.26. The molecule has 0 radical (unpaired) electrons. The molecule has 0 bridgehead atoms. The molecule has 3 aromatic rings. The number of carbonyl (C=O) groups is 1. The number of nitrogens with one attached hydrogen (secondary N) is 1. The van der Waals surface area contributed by atoms with Crippen LogP contribution in [0.25, 0.3) is 11.4 Å². The third kappa shape index (κ3) is 5.42. The van der Waals surface area contributed by atoms with Crippen LogP contribution >= 0.6 is 0 Å². The van der Waals surface area contributed by atoms with Gasteiger partial charge in [-0.25, -0.2) is 0 Å². The van der Waals surface area contributed by atoms with E-state index in [1.807, 2.05) is 24.3 Å². The van der Waals surface area contributed by atoms with Crippen molar-refractivity contribution in [1.82, 2.24) is 15.0 Å². The zero-order chi connectivity index (χ0) is 23.2. The van der Waals surface area contributed by atoms with Crippen LogP contribution in [0.2, 0.25) is 0 Å². The number of para-hydroxylation sites is 1. The molecule has 1 unspecified atom stereocenters. The lowest BCUT2D eigenvalue weighted by molar-refractivity contribution is -0.121. The van der Waals surface area contributed by atoms with Gasteiger partial charge in [0.25, 0.3) is 0 Å². The van der Waals surface area contributed by atoms with Crippen molar-refractivity contribution in [2.75, 3.05) is 25.5 Å². The number of hydrogen-bond donors (Lipinski definition) is 1. The summed E-state index contributed by atoms with van der Waals surface area (Å²) in [6.07, 6.45) is 3.65. The van der Waals surface area contributed by atoms with E-state index in [1.54, 1.807) is 7.11 Å². The van der Waals surface area contributed by atoms with Gasteiger partial charge >= 0.3 is 0 Å². The number of hydrogen-bond acceptors (Lipinski definition) is 6.